The van der Waals surface area contributed by atoms with Gasteiger partial charge in [0.15, 0.2) is 0 Å². The summed E-state index contributed by atoms with van der Waals surface area (Å²) in [6, 6.07) is 6.17. The van der Waals surface area contributed by atoms with Crippen LogP contribution in [0.25, 0.3) is 0 Å². The Kier molecular flexibility index (Phi) is 6.44. The second kappa shape index (κ2) is 8.82. The van der Waals surface area contributed by atoms with Gasteiger partial charge < -0.3 is 4.74 Å². The van der Waals surface area contributed by atoms with Crippen LogP contribution in [-0.4, -0.2) is 32.1 Å². The van der Waals surface area contributed by atoms with Crippen LogP contribution < -0.4 is 4.74 Å². The molecule has 3 aromatic heterocycles. The third-order valence-electron chi connectivity index (χ3n) is 5.00. The van der Waals surface area contributed by atoms with Crippen LogP contribution in [0.15, 0.2) is 24.4 Å². The molecule has 0 radical (unpaired) electrons. The predicted molar refractivity (Wildman–Crippen MR) is 112 cm³/mol. The minimum Gasteiger partial charge on any atom is -0.481 e. The topological polar surface area (TPSA) is 65.7 Å². The Bertz CT molecular complexity index is 900. The summed E-state index contributed by atoms with van der Waals surface area (Å²) in [6.07, 6.45) is 3.62. The van der Waals surface area contributed by atoms with Crippen molar-refractivity contribution < 1.29 is 4.74 Å². The molecule has 0 saturated heterocycles. The third kappa shape index (κ3) is 4.76. The first-order chi connectivity index (χ1) is 13.4. The molecule has 0 aliphatic heterocycles. The van der Waals surface area contributed by atoms with Crippen LogP contribution in [0.5, 0.6) is 5.88 Å². The Morgan fingerprint density at radius 3 is 2.46 bits per heavy atom. The second-order valence-electron chi connectivity index (χ2n) is 7.72. The van der Waals surface area contributed by atoms with Crippen molar-refractivity contribution in [3.8, 4) is 5.88 Å². The predicted octanol–water partition coefficient (Wildman–Crippen LogP) is 4.49. The van der Waals surface area contributed by atoms with E-state index in [4.69, 9.17) is 4.74 Å². The van der Waals surface area contributed by atoms with E-state index in [0.29, 0.717) is 23.6 Å². The highest BCUT2D eigenvalue weighted by atomic mass is 32.1. The first-order valence-corrected chi connectivity index (χ1v) is 10.5. The van der Waals surface area contributed by atoms with E-state index in [1.165, 1.54) is 11.3 Å². The summed E-state index contributed by atoms with van der Waals surface area (Å²) in [5.41, 5.74) is 3.57. The van der Waals surface area contributed by atoms with Gasteiger partial charge in [-0.15, -0.1) is 21.5 Å². The van der Waals surface area contributed by atoms with Crippen molar-refractivity contribution in [3.05, 3.63) is 51.4 Å². The molecule has 28 heavy (non-hydrogen) atoms. The molecule has 0 aromatic carbocycles. The van der Waals surface area contributed by atoms with E-state index in [-0.39, 0.29) is 0 Å². The van der Waals surface area contributed by atoms with E-state index >= 15 is 0 Å². The lowest BCUT2D eigenvalue weighted by molar-refractivity contribution is 0.397. The Balaban J connectivity index is 1.63. The molecule has 2 unspecified atom stereocenters. The molecule has 0 bridgehead atoms. The van der Waals surface area contributed by atoms with E-state index < -0.39 is 0 Å². The van der Waals surface area contributed by atoms with Gasteiger partial charge in [0.05, 0.1) is 12.8 Å². The zero-order valence-corrected chi connectivity index (χ0v) is 18.3. The van der Waals surface area contributed by atoms with E-state index in [2.05, 4.69) is 60.1 Å². The fraction of sp³-hybridized carbons (Fsp3) is 0.524. The third-order valence-corrected chi connectivity index (χ3v) is 6.17. The maximum atomic E-state index is 5.13. The summed E-state index contributed by atoms with van der Waals surface area (Å²) >= 11 is 1.71. The van der Waals surface area contributed by atoms with Crippen LogP contribution in [0.2, 0.25) is 0 Å². The smallest absolute Gasteiger partial charge is 0.212 e. The lowest BCUT2D eigenvalue weighted by Crippen LogP contribution is -2.01. The normalized spacial score (nSPS) is 13.7. The summed E-state index contributed by atoms with van der Waals surface area (Å²) in [4.78, 5) is 4.30. The van der Waals surface area contributed by atoms with Crippen LogP contribution in [0.1, 0.15) is 72.4 Å². The SMILES string of the molecule is COc1ccc(C(C)Cc2nnc(C(C)Cc3cc(C(C)C)n(C)n3)s2)cn1. The number of aryl methyl sites for hydroxylation is 1. The molecule has 0 aliphatic rings. The van der Waals surface area contributed by atoms with Crippen molar-refractivity contribution in [1.82, 2.24) is 25.0 Å². The zero-order chi connectivity index (χ0) is 20.3. The van der Waals surface area contributed by atoms with Gasteiger partial charge >= 0.3 is 0 Å². The molecule has 3 heterocycles. The van der Waals surface area contributed by atoms with E-state index in [0.717, 1.165) is 28.6 Å². The quantitative estimate of drug-likeness (QED) is 0.558. The molecule has 0 amide bonds. The van der Waals surface area contributed by atoms with Gasteiger partial charge in [-0.25, -0.2) is 4.98 Å². The Hall–Kier alpha value is -2.28. The van der Waals surface area contributed by atoms with Crippen molar-refractivity contribution in [3.63, 3.8) is 0 Å². The molecular formula is C21H29N5OS. The highest BCUT2D eigenvalue weighted by Crippen LogP contribution is 2.28. The molecular weight excluding hydrogens is 370 g/mol. The fourth-order valence-corrected chi connectivity index (χ4v) is 4.34. The first kappa shape index (κ1) is 20.5. The monoisotopic (exact) mass is 399 g/mol. The summed E-state index contributed by atoms with van der Waals surface area (Å²) in [5, 5.41) is 15.7. The molecule has 3 aromatic rings. The van der Waals surface area contributed by atoms with Crippen LogP contribution in [-0.2, 0) is 19.9 Å². The van der Waals surface area contributed by atoms with Gasteiger partial charge in [-0.1, -0.05) is 33.8 Å². The highest BCUT2D eigenvalue weighted by Gasteiger charge is 2.18. The van der Waals surface area contributed by atoms with Gasteiger partial charge in [0.25, 0.3) is 0 Å². The average molecular weight is 400 g/mol. The molecule has 0 fully saturated rings. The van der Waals surface area contributed by atoms with E-state index in [1.807, 2.05) is 24.0 Å². The van der Waals surface area contributed by atoms with Crippen molar-refractivity contribution in [2.24, 2.45) is 7.05 Å². The van der Waals surface area contributed by atoms with Crippen molar-refractivity contribution in [1.29, 1.82) is 0 Å². The van der Waals surface area contributed by atoms with Gasteiger partial charge in [-0.3, -0.25) is 4.68 Å². The number of pyridine rings is 1. The van der Waals surface area contributed by atoms with E-state index in [9.17, 15) is 0 Å². The zero-order valence-electron chi connectivity index (χ0n) is 17.5. The molecule has 0 aliphatic carbocycles. The molecule has 6 nitrogen and oxygen atoms in total. The fourth-order valence-electron chi connectivity index (χ4n) is 3.32. The summed E-state index contributed by atoms with van der Waals surface area (Å²) in [7, 11) is 3.64. The number of hydrogen-bond donors (Lipinski definition) is 0. The molecule has 0 spiro atoms. The minimum absolute atomic E-state index is 0.305. The van der Waals surface area contributed by atoms with Crippen molar-refractivity contribution in [2.45, 2.75) is 58.3 Å². The Morgan fingerprint density at radius 1 is 1.07 bits per heavy atom. The second-order valence-corrected chi connectivity index (χ2v) is 8.81. The van der Waals surface area contributed by atoms with E-state index in [1.54, 1.807) is 18.4 Å². The molecule has 150 valence electrons. The number of ether oxygens (including phenoxy) is 1. The van der Waals surface area contributed by atoms with Crippen molar-refractivity contribution in [2.75, 3.05) is 7.11 Å². The van der Waals surface area contributed by atoms with Crippen LogP contribution in [0, 0.1) is 0 Å². The van der Waals surface area contributed by atoms with Gasteiger partial charge in [0.1, 0.15) is 10.0 Å². The average Bonchev–Trinajstić information content (AvgIpc) is 3.28. The van der Waals surface area contributed by atoms with Crippen molar-refractivity contribution >= 4 is 11.3 Å². The highest BCUT2D eigenvalue weighted by molar-refractivity contribution is 7.11. The molecule has 3 rings (SSSR count). The number of methoxy groups -OCH3 is 1. The van der Waals surface area contributed by atoms with Crippen LogP contribution in [0.4, 0.5) is 0 Å². The lowest BCUT2D eigenvalue weighted by Gasteiger charge is -2.09. The number of nitrogens with zero attached hydrogens (tertiary/aromatic N) is 5. The maximum absolute atomic E-state index is 5.13. The minimum atomic E-state index is 0.305. The molecule has 2 atom stereocenters. The molecule has 7 heteroatoms. The number of aromatic nitrogens is 5. The molecule has 0 N–H and O–H groups in total. The lowest BCUT2D eigenvalue weighted by atomic mass is 10.0. The number of hydrogen-bond acceptors (Lipinski definition) is 6. The Morgan fingerprint density at radius 2 is 1.86 bits per heavy atom. The van der Waals surface area contributed by atoms with Gasteiger partial charge in [-0.2, -0.15) is 5.10 Å². The molecule has 0 saturated carbocycles. The standard InChI is InChI=1S/C21H29N5OS/c1-13(2)18-11-17(25-26(18)5)9-15(4)21-24-23-20(28-21)10-14(3)16-7-8-19(27-6)22-12-16/h7-8,11-15H,9-10H2,1-6H3. The van der Waals surface area contributed by atoms with Gasteiger partial charge in [-0.05, 0) is 23.5 Å². The maximum Gasteiger partial charge on any atom is 0.212 e. The summed E-state index contributed by atoms with van der Waals surface area (Å²) in [6.45, 7) is 8.78. The van der Waals surface area contributed by atoms with Gasteiger partial charge in [0, 0.05) is 43.8 Å². The number of rotatable bonds is 8. The van der Waals surface area contributed by atoms with Crippen LogP contribution >= 0.6 is 11.3 Å². The largest absolute Gasteiger partial charge is 0.481 e. The first-order valence-electron chi connectivity index (χ1n) is 9.72. The summed E-state index contributed by atoms with van der Waals surface area (Å²) < 4.78 is 7.12. The summed E-state index contributed by atoms with van der Waals surface area (Å²) in [5.74, 6) is 1.75. The van der Waals surface area contributed by atoms with Crippen LogP contribution in [0.3, 0.4) is 0 Å². The van der Waals surface area contributed by atoms with Gasteiger partial charge in [0.2, 0.25) is 5.88 Å². The Labute approximate surface area is 171 Å².